The molecule has 0 aliphatic carbocycles. The molecule has 1 amide bonds. The molecule has 0 radical (unpaired) electrons. The van der Waals surface area contributed by atoms with Gasteiger partial charge in [-0.05, 0) is 39.8 Å². The topological polar surface area (TPSA) is 95.7 Å². The Morgan fingerprint density at radius 3 is 2.64 bits per heavy atom. The van der Waals surface area contributed by atoms with Crippen molar-refractivity contribution in [2.24, 2.45) is 0 Å². The molecular formula is C15H25N3O4. The normalized spacial score (nSPS) is 12.6. The van der Waals surface area contributed by atoms with Gasteiger partial charge in [-0.2, -0.15) is 0 Å². The van der Waals surface area contributed by atoms with Crippen LogP contribution in [-0.4, -0.2) is 36.4 Å². The van der Waals surface area contributed by atoms with Crippen LogP contribution in [0.15, 0.2) is 12.1 Å². The third-order valence-corrected chi connectivity index (χ3v) is 2.54. The molecule has 0 fully saturated rings. The minimum absolute atomic E-state index is 0.176. The maximum absolute atomic E-state index is 11.6. The number of pyridine rings is 1. The van der Waals surface area contributed by atoms with Crippen LogP contribution in [0.5, 0.6) is 5.75 Å². The highest BCUT2D eigenvalue weighted by atomic mass is 16.6. The first-order valence-electron chi connectivity index (χ1n) is 7.08. The summed E-state index contributed by atoms with van der Waals surface area (Å²) < 4.78 is 15.7. The van der Waals surface area contributed by atoms with E-state index in [-0.39, 0.29) is 6.04 Å². The molecular weight excluding hydrogens is 286 g/mol. The predicted molar refractivity (Wildman–Crippen MR) is 83.7 cm³/mol. The lowest BCUT2D eigenvalue weighted by Crippen LogP contribution is -2.39. The predicted octanol–water partition coefficient (Wildman–Crippen LogP) is 2.10. The van der Waals surface area contributed by atoms with Gasteiger partial charge < -0.3 is 25.3 Å². The van der Waals surface area contributed by atoms with Crippen molar-refractivity contribution in [3.05, 3.63) is 17.8 Å². The van der Waals surface area contributed by atoms with Crippen LogP contribution in [0.4, 0.5) is 10.6 Å². The average Bonchev–Trinajstić information content (AvgIpc) is 2.36. The first-order chi connectivity index (χ1) is 10.2. The Morgan fingerprint density at radius 1 is 1.41 bits per heavy atom. The van der Waals surface area contributed by atoms with Gasteiger partial charge in [-0.15, -0.1) is 0 Å². The number of ether oxygens (including phenoxy) is 3. The lowest BCUT2D eigenvalue weighted by Gasteiger charge is -2.21. The number of hydrogen-bond acceptors (Lipinski definition) is 6. The van der Waals surface area contributed by atoms with Crippen molar-refractivity contribution in [3.8, 4) is 5.75 Å². The van der Waals surface area contributed by atoms with E-state index in [1.54, 1.807) is 12.1 Å². The minimum atomic E-state index is -0.519. The quantitative estimate of drug-likeness (QED) is 0.835. The largest absolute Gasteiger partial charge is 0.493 e. The fourth-order valence-corrected chi connectivity index (χ4v) is 1.65. The number of nitrogens with two attached hydrogens (primary N) is 1. The van der Waals surface area contributed by atoms with Gasteiger partial charge in [-0.3, -0.25) is 0 Å². The van der Waals surface area contributed by atoms with Crippen molar-refractivity contribution in [3.63, 3.8) is 0 Å². The fourth-order valence-electron chi connectivity index (χ4n) is 1.65. The molecule has 1 aromatic heterocycles. The summed E-state index contributed by atoms with van der Waals surface area (Å²) in [5.41, 5.74) is 5.90. The van der Waals surface area contributed by atoms with Crippen LogP contribution in [0, 0.1) is 0 Å². The molecule has 1 heterocycles. The Hall–Kier alpha value is -2.02. The van der Waals surface area contributed by atoms with E-state index in [0.29, 0.717) is 30.5 Å². The maximum Gasteiger partial charge on any atom is 0.407 e. The first kappa shape index (κ1) is 18.0. The number of carbonyl (C=O) groups is 1. The zero-order valence-corrected chi connectivity index (χ0v) is 13.8. The summed E-state index contributed by atoms with van der Waals surface area (Å²) >= 11 is 0. The van der Waals surface area contributed by atoms with Gasteiger partial charge in [-0.25, -0.2) is 9.78 Å². The SMILES string of the molecule is COc1ccc(COCC(C)NC(=O)OC(C)(C)C)nc1N. The molecule has 0 saturated carbocycles. The number of amides is 1. The Balaban J connectivity index is 2.34. The highest BCUT2D eigenvalue weighted by Gasteiger charge is 2.17. The Labute approximate surface area is 131 Å². The van der Waals surface area contributed by atoms with Gasteiger partial charge in [0.15, 0.2) is 11.6 Å². The van der Waals surface area contributed by atoms with Gasteiger partial charge in [0, 0.05) is 0 Å². The van der Waals surface area contributed by atoms with E-state index in [0.717, 1.165) is 0 Å². The molecule has 1 unspecified atom stereocenters. The second-order valence-corrected chi connectivity index (χ2v) is 5.95. The standard InChI is InChI=1S/C15H25N3O4/c1-10(17-14(19)22-15(2,3)4)8-21-9-11-6-7-12(20-5)13(16)18-11/h6-7,10H,8-9H2,1-5H3,(H2,16,18)(H,17,19). The summed E-state index contributed by atoms with van der Waals surface area (Å²) in [6.45, 7) is 7.91. The first-order valence-corrected chi connectivity index (χ1v) is 7.08. The molecule has 0 aromatic carbocycles. The molecule has 1 aromatic rings. The van der Waals surface area contributed by atoms with Crippen LogP contribution in [-0.2, 0) is 16.1 Å². The van der Waals surface area contributed by atoms with E-state index in [2.05, 4.69) is 10.3 Å². The van der Waals surface area contributed by atoms with E-state index in [9.17, 15) is 4.79 Å². The number of hydrogen-bond donors (Lipinski definition) is 2. The van der Waals surface area contributed by atoms with E-state index in [1.165, 1.54) is 7.11 Å². The number of nitrogens with zero attached hydrogens (tertiary/aromatic N) is 1. The molecule has 22 heavy (non-hydrogen) atoms. The van der Waals surface area contributed by atoms with Crippen molar-refractivity contribution < 1.29 is 19.0 Å². The van der Waals surface area contributed by atoms with Crippen LogP contribution < -0.4 is 15.8 Å². The fraction of sp³-hybridized carbons (Fsp3) is 0.600. The molecule has 0 spiro atoms. The highest BCUT2D eigenvalue weighted by molar-refractivity contribution is 5.68. The van der Waals surface area contributed by atoms with E-state index in [1.807, 2.05) is 27.7 Å². The Morgan fingerprint density at radius 2 is 2.09 bits per heavy atom. The summed E-state index contributed by atoms with van der Waals surface area (Å²) in [6.07, 6.45) is -0.463. The van der Waals surface area contributed by atoms with Crippen LogP contribution in [0.3, 0.4) is 0 Å². The maximum atomic E-state index is 11.6. The number of nitrogens with one attached hydrogen (secondary N) is 1. The molecule has 1 atom stereocenters. The van der Waals surface area contributed by atoms with Crippen LogP contribution >= 0.6 is 0 Å². The summed E-state index contributed by atoms with van der Waals surface area (Å²) in [5.74, 6) is 0.854. The van der Waals surface area contributed by atoms with Gasteiger partial charge in [0.05, 0.1) is 32.1 Å². The van der Waals surface area contributed by atoms with Gasteiger partial charge in [-0.1, -0.05) is 0 Å². The van der Waals surface area contributed by atoms with Gasteiger partial charge in [0.25, 0.3) is 0 Å². The molecule has 0 saturated heterocycles. The molecule has 7 heteroatoms. The molecule has 0 aliphatic heterocycles. The van der Waals surface area contributed by atoms with Crippen LogP contribution in [0.2, 0.25) is 0 Å². The third-order valence-electron chi connectivity index (χ3n) is 2.54. The van der Waals surface area contributed by atoms with Gasteiger partial charge in [0.2, 0.25) is 0 Å². The Kier molecular flexibility index (Phi) is 6.42. The summed E-state index contributed by atoms with van der Waals surface area (Å²) in [6, 6.07) is 3.34. The van der Waals surface area contributed by atoms with Crippen molar-refractivity contribution >= 4 is 11.9 Å². The summed E-state index contributed by atoms with van der Waals surface area (Å²) in [4.78, 5) is 15.8. The van der Waals surface area contributed by atoms with E-state index in [4.69, 9.17) is 19.9 Å². The Bertz CT molecular complexity index is 500. The van der Waals surface area contributed by atoms with Crippen molar-refractivity contribution in [1.82, 2.24) is 10.3 Å². The number of rotatable bonds is 6. The number of nitrogen functional groups attached to an aromatic ring is 1. The van der Waals surface area contributed by atoms with E-state index >= 15 is 0 Å². The number of alkyl carbamates (subject to hydrolysis) is 1. The van der Waals surface area contributed by atoms with Gasteiger partial charge >= 0.3 is 6.09 Å². The molecule has 3 N–H and O–H groups in total. The molecule has 124 valence electrons. The molecule has 0 bridgehead atoms. The summed E-state index contributed by atoms with van der Waals surface area (Å²) in [7, 11) is 1.54. The van der Waals surface area contributed by atoms with Crippen molar-refractivity contribution in [2.75, 3.05) is 19.5 Å². The van der Waals surface area contributed by atoms with Gasteiger partial charge in [0.1, 0.15) is 5.60 Å². The number of carbonyl (C=O) groups excluding carboxylic acids is 1. The van der Waals surface area contributed by atoms with Crippen molar-refractivity contribution in [1.29, 1.82) is 0 Å². The lowest BCUT2D eigenvalue weighted by molar-refractivity contribution is 0.0440. The molecule has 1 rings (SSSR count). The zero-order valence-electron chi connectivity index (χ0n) is 13.8. The number of methoxy groups -OCH3 is 1. The van der Waals surface area contributed by atoms with Crippen molar-refractivity contribution in [2.45, 2.75) is 45.9 Å². The second-order valence-electron chi connectivity index (χ2n) is 5.95. The zero-order chi connectivity index (χ0) is 16.8. The lowest BCUT2D eigenvalue weighted by atomic mass is 10.2. The highest BCUT2D eigenvalue weighted by Crippen LogP contribution is 2.18. The number of aromatic nitrogens is 1. The number of anilines is 1. The third kappa shape index (κ3) is 6.62. The van der Waals surface area contributed by atoms with Crippen LogP contribution in [0.1, 0.15) is 33.4 Å². The van der Waals surface area contributed by atoms with Crippen LogP contribution in [0.25, 0.3) is 0 Å². The smallest absolute Gasteiger partial charge is 0.407 e. The molecule has 0 aliphatic rings. The summed E-state index contributed by atoms with van der Waals surface area (Å²) in [5, 5.41) is 2.70. The minimum Gasteiger partial charge on any atom is -0.493 e. The average molecular weight is 311 g/mol. The second kappa shape index (κ2) is 7.84. The monoisotopic (exact) mass is 311 g/mol. The molecule has 7 nitrogen and oxygen atoms in total. The van der Waals surface area contributed by atoms with E-state index < -0.39 is 11.7 Å².